The minimum Gasteiger partial charge on any atom is -0.321 e. The molecule has 0 bridgehead atoms. The molecule has 2 N–H and O–H groups in total. The second kappa shape index (κ2) is 5.74. The Kier molecular flexibility index (Phi) is 3.51. The van der Waals surface area contributed by atoms with Crippen molar-refractivity contribution in [3.63, 3.8) is 0 Å². The minimum atomic E-state index is -0.562. The van der Waals surface area contributed by atoms with Gasteiger partial charge in [-0.1, -0.05) is 6.07 Å². The number of thiophene rings is 1. The van der Waals surface area contributed by atoms with E-state index in [9.17, 15) is 24.5 Å². The molecule has 1 aromatic heterocycles. The van der Waals surface area contributed by atoms with Gasteiger partial charge in [-0.25, -0.2) is 0 Å². The van der Waals surface area contributed by atoms with E-state index in [1.807, 2.05) is 0 Å². The largest absolute Gasteiger partial charge is 0.321 e. The van der Waals surface area contributed by atoms with Crippen molar-refractivity contribution in [3.05, 3.63) is 68.6 Å². The van der Waals surface area contributed by atoms with Gasteiger partial charge in [0.05, 0.1) is 26.6 Å². The Morgan fingerprint density at radius 2 is 1.92 bits per heavy atom. The number of nitro groups is 1. The average Bonchev–Trinajstić information content (AvgIpc) is 3.16. The van der Waals surface area contributed by atoms with Crippen molar-refractivity contribution in [1.82, 2.24) is 5.32 Å². The molecule has 0 unspecified atom stereocenters. The fraction of sp³-hybridized carbons (Fsp3) is 0. The molecule has 0 saturated heterocycles. The summed E-state index contributed by atoms with van der Waals surface area (Å²) in [5, 5.41) is 16.3. The minimum absolute atomic E-state index is 0.0571. The monoisotopic (exact) mass is 367 g/mol. The van der Waals surface area contributed by atoms with Gasteiger partial charge in [-0.3, -0.25) is 29.8 Å². The van der Waals surface area contributed by atoms with Crippen molar-refractivity contribution in [2.24, 2.45) is 0 Å². The van der Waals surface area contributed by atoms with Crippen molar-refractivity contribution >= 4 is 50.5 Å². The Morgan fingerprint density at radius 1 is 1.12 bits per heavy atom. The van der Waals surface area contributed by atoms with Crippen LogP contribution < -0.4 is 10.6 Å². The van der Waals surface area contributed by atoms with Crippen LogP contribution in [0.5, 0.6) is 0 Å². The first-order chi connectivity index (χ1) is 12.4. The number of benzene rings is 2. The highest BCUT2D eigenvalue weighted by molar-refractivity contribution is 7.20. The van der Waals surface area contributed by atoms with Gasteiger partial charge in [-0.15, -0.1) is 11.3 Å². The van der Waals surface area contributed by atoms with E-state index in [-0.39, 0.29) is 22.5 Å². The van der Waals surface area contributed by atoms with Crippen molar-refractivity contribution < 1.29 is 19.3 Å². The molecule has 26 heavy (non-hydrogen) atoms. The van der Waals surface area contributed by atoms with Crippen molar-refractivity contribution in [1.29, 1.82) is 0 Å². The molecule has 0 saturated carbocycles. The van der Waals surface area contributed by atoms with Crippen molar-refractivity contribution in [2.45, 2.75) is 0 Å². The lowest BCUT2D eigenvalue weighted by Gasteiger charge is -2.06. The maximum atomic E-state index is 12.5. The zero-order chi connectivity index (χ0) is 18.4. The molecule has 1 aliphatic rings. The van der Waals surface area contributed by atoms with Crippen LogP contribution in [0.1, 0.15) is 30.4 Å². The lowest BCUT2D eigenvalue weighted by molar-refractivity contribution is -0.384. The summed E-state index contributed by atoms with van der Waals surface area (Å²) in [7, 11) is 0. The van der Waals surface area contributed by atoms with Crippen molar-refractivity contribution in [2.75, 3.05) is 5.32 Å². The molecular formula is C17H9N3O5S. The number of non-ortho nitro benzene ring substituents is 1. The summed E-state index contributed by atoms with van der Waals surface area (Å²) >= 11 is 1.18. The van der Waals surface area contributed by atoms with E-state index < -0.39 is 22.6 Å². The quantitative estimate of drug-likeness (QED) is 0.419. The van der Waals surface area contributed by atoms with E-state index in [4.69, 9.17) is 0 Å². The number of imide groups is 1. The van der Waals surface area contributed by atoms with Crippen LogP contribution in [0, 0.1) is 10.1 Å². The first kappa shape index (κ1) is 15.9. The highest BCUT2D eigenvalue weighted by Crippen LogP contribution is 2.30. The Balaban J connectivity index is 1.68. The summed E-state index contributed by atoms with van der Waals surface area (Å²) in [5.41, 5.74) is 0.514. The number of nitrogens with zero attached hydrogens (tertiary/aromatic N) is 1. The molecule has 1 aliphatic heterocycles. The summed E-state index contributed by atoms with van der Waals surface area (Å²) in [6.45, 7) is 0. The highest BCUT2D eigenvalue weighted by Gasteiger charge is 2.30. The van der Waals surface area contributed by atoms with E-state index in [1.165, 1.54) is 35.6 Å². The van der Waals surface area contributed by atoms with Gasteiger partial charge in [0.25, 0.3) is 23.4 Å². The summed E-state index contributed by atoms with van der Waals surface area (Å²) in [6.07, 6.45) is 0. The number of hydrogen-bond donors (Lipinski definition) is 2. The number of nitrogens with one attached hydrogen (secondary N) is 2. The van der Waals surface area contributed by atoms with Gasteiger partial charge < -0.3 is 5.32 Å². The van der Waals surface area contributed by atoms with Gasteiger partial charge in [0.2, 0.25) is 0 Å². The van der Waals surface area contributed by atoms with E-state index in [2.05, 4.69) is 10.6 Å². The summed E-state index contributed by atoms with van der Waals surface area (Å²) < 4.78 is 0.729. The van der Waals surface area contributed by atoms with Crippen LogP contribution in [-0.4, -0.2) is 22.6 Å². The normalized spacial score (nSPS) is 12.8. The Labute approximate surface area is 149 Å². The number of nitro benzene ring substituents is 1. The molecule has 2 heterocycles. The molecule has 2 aromatic carbocycles. The maximum Gasteiger partial charge on any atom is 0.270 e. The third-order valence-corrected chi connectivity index (χ3v) is 5.06. The maximum absolute atomic E-state index is 12.5. The molecule has 3 aromatic rings. The molecule has 4 rings (SSSR count). The standard InChI is InChI=1S/C17H9N3O5S/c21-15-10-2-1-3-11(14(10)17(23)19-15)18-16(22)13-7-8-6-9(20(24)25)4-5-12(8)26-13/h1-7H,(H,18,22)(H,19,21,23). The van der Waals surface area contributed by atoms with Crippen LogP contribution in [0.2, 0.25) is 0 Å². The molecule has 8 nitrogen and oxygen atoms in total. The molecule has 9 heteroatoms. The predicted octanol–water partition coefficient (Wildman–Crippen LogP) is 2.95. The number of fused-ring (bicyclic) bond motifs is 2. The highest BCUT2D eigenvalue weighted by atomic mass is 32.1. The van der Waals surface area contributed by atoms with Crippen LogP contribution in [0.3, 0.4) is 0 Å². The molecule has 0 radical (unpaired) electrons. The third-order valence-electron chi connectivity index (χ3n) is 3.95. The number of amides is 3. The molecule has 128 valence electrons. The van der Waals surface area contributed by atoms with Gasteiger partial charge in [-0.2, -0.15) is 0 Å². The topological polar surface area (TPSA) is 118 Å². The number of carbonyl (C=O) groups excluding carboxylic acids is 3. The summed E-state index contributed by atoms with van der Waals surface area (Å²) in [6, 6.07) is 10.5. The van der Waals surface area contributed by atoms with Crippen molar-refractivity contribution in [3.8, 4) is 0 Å². The van der Waals surface area contributed by atoms with Crippen LogP contribution in [-0.2, 0) is 0 Å². The third kappa shape index (κ3) is 2.50. The molecule has 0 atom stereocenters. The lowest BCUT2D eigenvalue weighted by Crippen LogP contribution is -2.20. The van der Waals surface area contributed by atoms with Crippen LogP contribution in [0.25, 0.3) is 10.1 Å². The Morgan fingerprint density at radius 3 is 2.69 bits per heavy atom. The summed E-state index contributed by atoms with van der Waals surface area (Å²) in [4.78, 5) is 46.8. The van der Waals surface area contributed by atoms with Crippen LogP contribution in [0.15, 0.2) is 42.5 Å². The Bertz CT molecular complexity index is 1130. The predicted molar refractivity (Wildman–Crippen MR) is 94.7 cm³/mol. The molecule has 0 spiro atoms. The zero-order valence-electron chi connectivity index (χ0n) is 12.9. The fourth-order valence-electron chi connectivity index (χ4n) is 2.76. The zero-order valence-corrected chi connectivity index (χ0v) is 13.8. The first-order valence-electron chi connectivity index (χ1n) is 7.42. The second-order valence-corrected chi connectivity index (χ2v) is 6.64. The number of carbonyl (C=O) groups is 3. The van der Waals surface area contributed by atoms with Gasteiger partial charge in [-0.05, 0) is 24.3 Å². The fourth-order valence-corrected chi connectivity index (χ4v) is 3.70. The van der Waals surface area contributed by atoms with Gasteiger partial charge in [0.1, 0.15) is 0 Å². The number of anilines is 1. The first-order valence-corrected chi connectivity index (χ1v) is 8.24. The van der Waals surface area contributed by atoms with Crippen LogP contribution >= 0.6 is 11.3 Å². The second-order valence-electron chi connectivity index (χ2n) is 5.56. The molecular weight excluding hydrogens is 358 g/mol. The van der Waals surface area contributed by atoms with Gasteiger partial charge >= 0.3 is 0 Å². The Hall–Kier alpha value is -3.59. The van der Waals surface area contributed by atoms with E-state index in [0.717, 1.165) is 4.70 Å². The number of rotatable bonds is 3. The molecule has 0 fully saturated rings. The molecule has 0 aliphatic carbocycles. The van der Waals surface area contributed by atoms with E-state index in [0.29, 0.717) is 10.3 Å². The average molecular weight is 367 g/mol. The SMILES string of the molecule is O=C(Nc1cccc2c1C(=O)NC2=O)c1cc2cc([N+](=O)[O-])ccc2s1. The van der Waals surface area contributed by atoms with E-state index >= 15 is 0 Å². The van der Waals surface area contributed by atoms with Gasteiger partial charge in [0, 0.05) is 22.2 Å². The smallest absolute Gasteiger partial charge is 0.270 e. The summed E-state index contributed by atoms with van der Waals surface area (Å²) in [5.74, 6) is -1.53. The number of hydrogen-bond acceptors (Lipinski definition) is 6. The lowest BCUT2D eigenvalue weighted by atomic mass is 10.1. The van der Waals surface area contributed by atoms with Gasteiger partial charge in [0.15, 0.2) is 0 Å². The van der Waals surface area contributed by atoms with Crippen LogP contribution in [0.4, 0.5) is 11.4 Å². The molecule has 3 amide bonds. The van der Waals surface area contributed by atoms with E-state index in [1.54, 1.807) is 18.2 Å².